The van der Waals surface area contributed by atoms with Crippen LogP contribution in [0, 0.1) is 12.8 Å². The molecule has 0 unspecified atom stereocenters. The van der Waals surface area contributed by atoms with E-state index < -0.39 is 11.6 Å². The molecule has 2 aliphatic heterocycles. The van der Waals surface area contributed by atoms with E-state index in [0.29, 0.717) is 24.5 Å². The molecule has 0 spiro atoms. The first-order valence-corrected chi connectivity index (χ1v) is 8.37. The SMILES string of the molecule is Cc1cccc(OC2(C(=O)O)CCN(C[C@@H]3CCOC3)CC2)c1. The lowest BCUT2D eigenvalue weighted by Crippen LogP contribution is -2.53. The van der Waals surface area contributed by atoms with E-state index >= 15 is 0 Å². The zero-order valence-electron chi connectivity index (χ0n) is 13.7. The van der Waals surface area contributed by atoms with Crippen molar-refractivity contribution in [2.45, 2.75) is 31.8 Å². The Morgan fingerprint density at radius 1 is 1.43 bits per heavy atom. The van der Waals surface area contributed by atoms with Crippen molar-refractivity contribution in [2.75, 3.05) is 32.8 Å². The average Bonchev–Trinajstić information content (AvgIpc) is 3.02. The van der Waals surface area contributed by atoms with Crippen LogP contribution in [0.1, 0.15) is 24.8 Å². The van der Waals surface area contributed by atoms with Crippen molar-refractivity contribution in [3.05, 3.63) is 29.8 Å². The van der Waals surface area contributed by atoms with Crippen LogP contribution in [0.3, 0.4) is 0 Å². The molecule has 0 aromatic heterocycles. The number of carboxylic acids is 1. The number of ether oxygens (including phenoxy) is 2. The van der Waals surface area contributed by atoms with Gasteiger partial charge in [0.25, 0.3) is 0 Å². The lowest BCUT2D eigenvalue weighted by Gasteiger charge is -2.39. The Kier molecular flexibility index (Phi) is 4.87. The third-order valence-electron chi connectivity index (χ3n) is 4.90. The molecule has 126 valence electrons. The van der Waals surface area contributed by atoms with Crippen molar-refractivity contribution in [2.24, 2.45) is 5.92 Å². The molecule has 2 heterocycles. The molecule has 1 N–H and O–H groups in total. The third-order valence-corrected chi connectivity index (χ3v) is 4.90. The second-order valence-corrected chi connectivity index (χ2v) is 6.75. The van der Waals surface area contributed by atoms with E-state index in [1.54, 1.807) is 0 Å². The van der Waals surface area contributed by atoms with Gasteiger partial charge in [-0.25, -0.2) is 4.79 Å². The third kappa shape index (κ3) is 3.85. The van der Waals surface area contributed by atoms with E-state index in [2.05, 4.69) is 4.90 Å². The molecule has 0 saturated carbocycles. The van der Waals surface area contributed by atoms with Crippen molar-refractivity contribution >= 4 is 5.97 Å². The topological polar surface area (TPSA) is 59.0 Å². The number of carbonyl (C=O) groups is 1. The van der Waals surface area contributed by atoms with Gasteiger partial charge in [0, 0.05) is 39.1 Å². The summed E-state index contributed by atoms with van der Waals surface area (Å²) < 4.78 is 11.4. The van der Waals surface area contributed by atoms with Gasteiger partial charge in [0.15, 0.2) is 0 Å². The maximum atomic E-state index is 11.9. The number of likely N-dealkylation sites (tertiary alicyclic amines) is 1. The van der Waals surface area contributed by atoms with Crippen molar-refractivity contribution in [3.63, 3.8) is 0 Å². The van der Waals surface area contributed by atoms with Crippen LogP contribution in [-0.2, 0) is 9.53 Å². The Balaban J connectivity index is 1.62. The summed E-state index contributed by atoms with van der Waals surface area (Å²) in [5.41, 5.74) is -0.0297. The normalized spacial score (nSPS) is 24.5. The van der Waals surface area contributed by atoms with Gasteiger partial charge in [-0.05, 0) is 37.0 Å². The number of aliphatic carboxylic acids is 1. The lowest BCUT2D eigenvalue weighted by atomic mass is 9.90. The molecule has 2 fully saturated rings. The summed E-state index contributed by atoms with van der Waals surface area (Å²) in [5, 5.41) is 9.73. The molecule has 5 heteroatoms. The number of carboxylic acid groups (broad SMARTS) is 1. The van der Waals surface area contributed by atoms with E-state index in [4.69, 9.17) is 9.47 Å². The monoisotopic (exact) mass is 319 g/mol. The van der Waals surface area contributed by atoms with Gasteiger partial charge in [0.1, 0.15) is 5.75 Å². The molecule has 5 nitrogen and oxygen atoms in total. The molecule has 3 rings (SSSR count). The van der Waals surface area contributed by atoms with Crippen LogP contribution in [-0.4, -0.2) is 54.4 Å². The van der Waals surface area contributed by atoms with Gasteiger partial charge in [-0.3, -0.25) is 0 Å². The number of piperidine rings is 1. The van der Waals surface area contributed by atoms with E-state index in [0.717, 1.165) is 44.8 Å². The van der Waals surface area contributed by atoms with Crippen LogP contribution >= 0.6 is 0 Å². The molecule has 1 aromatic carbocycles. The number of rotatable bonds is 5. The number of nitrogens with zero attached hydrogens (tertiary/aromatic N) is 1. The van der Waals surface area contributed by atoms with Crippen molar-refractivity contribution in [3.8, 4) is 5.75 Å². The first-order valence-electron chi connectivity index (χ1n) is 8.37. The zero-order chi connectivity index (χ0) is 16.3. The largest absolute Gasteiger partial charge is 0.478 e. The highest BCUT2D eigenvalue weighted by Crippen LogP contribution is 2.30. The maximum absolute atomic E-state index is 11.9. The van der Waals surface area contributed by atoms with Gasteiger partial charge >= 0.3 is 5.97 Å². The van der Waals surface area contributed by atoms with E-state index in [-0.39, 0.29) is 0 Å². The number of benzene rings is 1. The smallest absolute Gasteiger partial charge is 0.348 e. The van der Waals surface area contributed by atoms with Crippen molar-refractivity contribution in [1.82, 2.24) is 4.90 Å². The fourth-order valence-corrected chi connectivity index (χ4v) is 3.45. The predicted molar refractivity (Wildman–Crippen MR) is 86.8 cm³/mol. The van der Waals surface area contributed by atoms with Gasteiger partial charge in [-0.2, -0.15) is 0 Å². The maximum Gasteiger partial charge on any atom is 0.348 e. The first kappa shape index (κ1) is 16.3. The molecule has 0 amide bonds. The van der Waals surface area contributed by atoms with Crippen LogP contribution in [0.15, 0.2) is 24.3 Å². The lowest BCUT2D eigenvalue weighted by molar-refractivity contribution is -0.159. The molecule has 2 saturated heterocycles. The molecule has 1 aromatic rings. The van der Waals surface area contributed by atoms with Crippen LogP contribution in [0.4, 0.5) is 0 Å². The highest BCUT2D eigenvalue weighted by atomic mass is 16.5. The molecule has 0 aliphatic carbocycles. The van der Waals surface area contributed by atoms with Gasteiger partial charge in [-0.15, -0.1) is 0 Å². The summed E-state index contributed by atoms with van der Waals surface area (Å²) in [6.45, 7) is 6.18. The Morgan fingerprint density at radius 2 is 2.22 bits per heavy atom. The van der Waals surface area contributed by atoms with Crippen LogP contribution < -0.4 is 4.74 Å². The number of aryl methyl sites for hydroxylation is 1. The zero-order valence-corrected chi connectivity index (χ0v) is 13.7. The second-order valence-electron chi connectivity index (χ2n) is 6.75. The Morgan fingerprint density at radius 3 is 2.83 bits per heavy atom. The standard InChI is InChI=1S/C18H25NO4/c1-14-3-2-4-16(11-14)23-18(17(20)21)6-8-19(9-7-18)12-15-5-10-22-13-15/h2-4,11,15H,5-10,12-13H2,1H3,(H,20,21)/t15-/m0/s1. The van der Waals surface area contributed by atoms with Crippen molar-refractivity contribution in [1.29, 1.82) is 0 Å². The molecular weight excluding hydrogens is 294 g/mol. The second kappa shape index (κ2) is 6.89. The molecule has 0 radical (unpaired) electrons. The first-order chi connectivity index (χ1) is 11.1. The molecule has 23 heavy (non-hydrogen) atoms. The highest BCUT2D eigenvalue weighted by Gasteiger charge is 2.44. The fraction of sp³-hybridized carbons (Fsp3) is 0.611. The van der Waals surface area contributed by atoms with Crippen LogP contribution in [0.25, 0.3) is 0 Å². The Bertz CT molecular complexity index is 546. The Hall–Kier alpha value is -1.59. The van der Waals surface area contributed by atoms with Crippen molar-refractivity contribution < 1.29 is 19.4 Å². The van der Waals surface area contributed by atoms with Gasteiger partial charge < -0.3 is 19.5 Å². The number of hydrogen-bond donors (Lipinski definition) is 1. The summed E-state index contributed by atoms with van der Waals surface area (Å²) in [6, 6.07) is 7.61. The van der Waals surface area contributed by atoms with Gasteiger partial charge in [0.2, 0.25) is 5.60 Å². The minimum absolute atomic E-state index is 0.518. The summed E-state index contributed by atoms with van der Waals surface area (Å²) in [4.78, 5) is 14.2. The molecule has 1 atom stereocenters. The summed E-state index contributed by atoms with van der Waals surface area (Å²) >= 11 is 0. The Labute approximate surface area is 137 Å². The minimum atomic E-state index is -1.10. The quantitative estimate of drug-likeness (QED) is 0.902. The summed E-state index contributed by atoms with van der Waals surface area (Å²) in [5.74, 6) is 0.373. The van der Waals surface area contributed by atoms with Gasteiger partial charge in [-0.1, -0.05) is 12.1 Å². The van der Waals surface area contributed by atoms with Crippen LogP contribution in [0.2, 0.25) is 0 Å². The summed E-state index contributed by atoms with van der Waals surface area (Å²) in [7, 11) is 0. The summed E-state index contributed by atoms with van der Waals surface area (Å²) in [6.07, 6.45) is 2.15. The fourth-order valence-electron chi connectivity index (χ4n) is 3.45. The molecule has 2 aliphatic rings. The molecule has 0 bridgehead atoms. The van der Waals surface area contributed by atoms with Gasteiger partial charge in [0.05, 0.1) is 6.61 Å². The van der Waals surface area contributed by atoms with E-state index in [1.165, 1.54) is 0 Å². The molecular formula is C18H25NO4. The number of hydrogen-bond acceptors (Lipinski definition) is 4. The van der Waals surface area contributed by atoms with Crippen LogP contribution in [0.5, 0.6) is 5.75 Å². The highest BCUT2D eigenvalue weighted by molar-refractivity contribution is 5.78. The average molecular weight is 319 g/mol. The minimum Gasteiger partial charge on any atom is -0.478 e. The predicted octanol–water partition coefficient (Wildman–Crippen LogP) is 2.33. The van der Waals surface area contributed by atoms with E-state index in [1.807, 2.05) is 31.2 Å². The van der Waals surface area contributed by atoms with E-state index in [9.17, 15) is 9.90 Å².